The Labute approximate surface area is 129 Å². The summed E-state index contributed by atoms with van der Waals surface area (Å²) >= 11 is 0. The van der Waals surface area contributed by atoms with Gasteiger partial charge in [-0.2, -0.15) is 0 Å². The van der Waals surface area contributed by atoms with Gasteiger partial charge >= 0.3 is 0 Å². The Balaban J connectivity index is 2.85. The molecule has 0 saturated heterocycles. The molecule has 0 unspecified atom stereocenters. The van der Waals surface area contributed by atoms with Gasteiger partial charge in [0.2, 0.25) is 0 Å². The Hall–Kier alpha value is -1.10. The first kappa shape index (κ1) is 18.0. The summed E-state index contributed by atoms with van der Waals surface area (Å²) in [6, 6.07) is 6.91. The van der Waals surface area contributed by atoms with Crippen LogP contribution < -0.4 is 10.1 Å². The fraction of sp³-hybridized carbons (Fsp3) is 0.647. The minimum Gasteiger partial charge on any atom is -0.496 e. The second-order valence-corrected chi connectivity index (χ2v) is 5.48. The summed E-state index contributed by atoms with van der Waals surface area (Å²) in [5.41, 5.74) is 2.53. The first-order chi connectivity index (χ1) is 10.1. The maximum absolute atomic E-state index is 5.51. The molecule has 21 heavy (non-hydrogen) atoms. The molecule has 0 amide bonds. The van der Waals surface area contributed by atoms with Gasteiger partial charge in [-0.05, 0) is 38.1 Å². The molecule has 1 aromatic rings. The Morgan fingerprint density at radius 2 is 2.00 bits per heavy atom. The second kappa shape index (κ2) is 9.77. The minimum absolute atomic E-state index is 0.474. The summed E-state index contributed by atoms with van der Waals surface area (Å²) in [5, 5.41) is 3.37. The number of ether oxygens (including phenoxy) is 2. The molecule has 1 N–H and O–H groups in total. The third-order valence-electron chi connectivity index (χ3n) is 3.61. The van der Waals surface area contributed by atoms with E-state index in [0.29, 0.717) is 6.04 Å². The molecule has 0 atom stereocenters. The largest absolute Gasteiger partial charge is 0.496 e. The van der Waals surface area contributed by atoms with E-state index in [9.17, 15) is 0 Å². The van der Waals surface area contributed by atoms with Gasteiger partial charge in [0.15, 0.2) is 0 Å². The molecule has 0 aliphatic rings. The zero-order valence-electron chi connectivity index (χ0n) is 14.1. The lowest BCUT2D eigenvalue weighted by Crippen LogP contribution is -2.33. The molecular weight excluding hydrogens is 264 g/mol. The highest BCUT2D eigenvalue weighted by molar-refractivity contribution is 5.37. The predicted octanol–water partition coefficient (Wildman–Crippen LogP) is 2.66. The number of rotatable bonds is 10. The highest BCUT2D eigenvalue weighted by atomic mass is 16.5. The first-order valence-corrected chi connectivity index (χ1v) is 7.71. The van der Waals surface area contributed by atoms with E-state index in [-0.39, 0.29) is 0 Å². The zero-order chi connectivity index (χ0) is 15.7. The quantitative estimate of drug-likeness (QED) is 0.719. The van der Waals surface area contributed by atoms with Gasteiger partial charge in [-0.15, -0.1) is 0 Å². The van der Waals surface area contributed by atoms with E-state index in [1.165, 1.54) is 11.1 Å². The summed E-state index contributed by atoms with van der Waals surface area (Å²) in [7, 11) is 3.48. The van der Waals surface area contributed by atoms with E-state index in [4.69, 9.17) is 9.47 Å². The van der Waals surface area contributed by atoms with Crippen LogP contribution in [0.1, 0.15) is 31.9 Å². The smallest absolute Gasteiger partial charge is 0.123 e. The van der Waals surface area contributed by atoms with E-state index in [0.717, 1.165) is 38.5 Å². The Bertz CT molecular complexity index is 408. The molecule has 0 aliphatic carbocycles. The van der Waals surface area contributed by atoms with Gasteiger partial charge in [-0.1, -0.05) is 13.0 Å². The SMILES string of the molecule is CCNCc1ccc(OC)c(CN(CCOC)C(C)C)c1. The molecule has 0 radical (unpaired) electrons. The molecule has 0 saturated carbocycles. The highest BCUT2D eigenvalue weighted by Gasteiger charge is 2.13. The van der Waals surface area contributed by atoms with Crippen LogP contribution in [0.15, 0.2) is 18.2 Å². The van der Waals surface area contributed by atoms with Crippen molar-refractivity contribution >= 4 is 0 Å². The third-order valence-corrected chi connectivity index (χ3v) is 3.61. The van der Waals surface area contributed by atoms with Crippen LogP contribution in [-0.2, 0) is 17.8 Å². The van der Waals surface area contributed by atoms with E-state index < -0.39 is 0 Å². The van der Waals surface area contributed by atoms with Gasteiger partial charge in [0.05, 0.1) is 13.7 Å². The van der Waals surface area contributed by atoms with Crippen molar-refractivity contribution in [2.24, 2.45) is 0 Å². The van der Waals surface area contributed by atoms with Crippen LogP contribution >= 0.6 is 0 Å². The fourth-order valence-corrected chi connectivity index (χ4v) is 2.28. The average Bonchev–Trinajstić information content (AvgIpc) is 2.49. The number of nitrogens with one attached hydrogen (secondary N) is 1. The van der Waals surface area contributed by atoms with Crippen LogP contribution in [0.2, 0.25) is 0 Å². The van der Waals surface area contributed by atoms with Crippen molar-refractivity contribution < 1.29 is 9.47 Å². The van der Waals surface area contributed by atoms with E-state index in [1.54, 1.807) is 14.2 Å². The molecule has 0 bridgehead atoms. The first-order valence-electron chi connectivity index (χ1n) is 7.71. The predicted molar refractivity (Wildman–Crippen MR) is 87.8 cm³/mol. The molecule has 1 rings (SSSR count). The third kappa shape index (κ3) is 6.04. The molecule has 4 heteroatoms. The van der Waals surface area contributed by atoms with Crippen molar-refractivity contribution in [1.82, 2.24) is 10.2 Å². The van der Waals surface area contributed by atoms with E-state index in [2.05, 4.69) is 49.2 Å². The standard InChI is InChI=1S/C17H30N2O2/c1-6-18-12-15-7-8-17(21-5)16(11-15)13-19(14(2)3)9-10-20-4/h7-8,11,14,18H,6,9-10,12-13H2,1-5H3. The lowest BCUT2D eigenvalue weighted by atomic mass is 10.1. The molecule has 0 aliphatic heterocycles. The molecule has 120 valence electrons. The van der Waals surface area contributed by atoms with Crippen molar-refractivity contribution in [3.63, 3.8) is 0 Å². The normalized spacial score (nSPS) is 11.4. The van der Waals surface area contributed by atoms with Gasteiger partial charge in [0.25, 0.3) is 0 Å². The van der Waals surface area contributed by atoms with Gasteiger partial charge in [-0.25, -0.2) is 0 Å². The monoisotopic (exact) mass is 294 g/mol. The van der Waals surface area contributed by atoms with Gasteiger partial charge in [0, 0.05) is 38.3 Å². The summed E-state index contributed by atoms with van der Waals surface area (Å²) in [6.45, 7) is 11.0. The number of hydrogen-bond donors (Lipinski definition) is 1. The lowest BCUT2D eigenvalue weighted by Gasteiger charge is -2.27. The molecule has 0 fully saturated rings. The number of benzene rings is 1. The molecule has 1 aromatic carbocycles. The lowest BCUT2D eigenvalue weighted by molar-refractivity contribution is 0.124. The summed E-state index contributed by atoms with van der Waals surface area (Å²) in [5.74, 6) is 0.957. The van der Waals surface area contributed by atoms with Crippen molar-refractivity contribution in [2.45, 2.75) is 39.9 Å². The maximum atomic E-state index is 5.51. The number of nitrogens with zero attached hydrogens (tertiary/aromatic N) is 1. The fourth-order valence-electron chi connectivity index (χ4n) is 2.28. The van der Waals surface area contributed by atoms with Crippen molar-refractivity contribution in [1.29, 1.82) is 0 Å². The highest BCUT2D eigenvalue weighted by Crippen LogP contribution is 2.22. The Morgan fingerprint density at radius 3 is 2.57 bits per heavy atom. The zero-order valence-corrected chi connectivity index (χ0v) is 14.1. The van der Waals surface area contributed by atoms with Gasteiger partial charge in [-0.3, -0.25) is 4.90 Å². The second-order valence-electron chi connectivity index (χ2n) is 5.48. The Kier molecular flexibility index (Phi) is 8.35. The van der Waals surface area contributed by atoms with Crippen LogP contribution in [-0.4, -0.2) is 44.9 Å². The van der Waals surface area contributed by atoms with Crippen LogP contribution in [0.25, 0.3) is 0 Å². The summed E-state index contributed by atoms with van der Waals surface area (Å²) in [6.07, 6.45) is 0. The molecule has 4 nitrogen and oxygen atoms in total. The Morgan fingerprint density at radius 1 is 1.24 bits per heavy atom. The van der Waals surface area contributed by atoms with Crippen molar-refractivity contribution in [3.05, 3.63) is 29.3 Å². The summed E-state index contributed by atoms with van der Waals surface area (Å²) in [4.78, 5) is 2.40. The van der Waals surface area contributed by atoms with Crippen molar-refractivity contribution in [2.75, 3.05) is 33.9 Å². The average molecular weight is 294 g/mol. The van der Waals surface area contributed by atoms with Crippen LogP contribution in [0.4, 0.5) is 0 Å². The van der Waals surface area contributed by atoms with Crippen LogP contribution in [0.3, 0.4) is 0 Å². The topological polar surface area (TPSA) is 33.7 Å². The summed E-state index contributed by atoms with van der Waals surface area (Å²) < 4.78 is 10.7. The number of hydrogen-bond acceptors (Lipinski definition) is 4. The molecule has 0 spiro atoms. The van der Waals surface area contributed by atoms with Crippen LogP contribution in [0, 0.1) is 0 Å². The molecule has 0 heterocycles. The van der Waals surface area contributed by atoms with E-state index in [1.807, 2.05) is 0 Å². The molecular formula is C17H30N2O2. The maximum Gasteiger partial charge on any atom is 0.123 e. The van der Waals surface area contributed by atoms with Crippen molar-refractivity contribution in [3.8, 4) is 5.75 Å². The molecule has 0 aromatic heterocycles. The number of methoxy groups -OCH3 is 2. The van der Waals surface area contributed by atoms with Gasteiger partial charge < -0.3 is 14.8 Å². The van der Waals surface area contributed by atoms with Crippen LogP contribution in [0.5, 0.6) is 5.75 Å². The van der Waals surface area contributed by atoms with E-state index >= 15 is 0 Å². The van der Waals surface area contributed by atoms with Gasteiger partial charge in [0.1, 0.15) is 5.75 Å². The minimum atomic E-state index is 0.474.